The van der Waals surface area contributed by atoms with Crippen LogP contribution in [0, 0.1) is 0 Å². The highest BCUT2D eigenvalue weighted by molar-refractivity contribution is 5.94. The Morgan fingerprint density at radius 1 is 0.943 bits per heavy atom. The second-order valence-electron chi connectivity index (χ2n) is 10.5. The number of aromatic hydroxyl groups is 1. The maximum atomic E-state index is 13.0. The zero-order valence-electron chi connectivity index (χ0n) is 20.8. The molecule has 1 amide bonds. The number of phenolic OH excluding ortho intramolecular Hbond substituents is 1. The van der Waals surface area contributed by atoms with Crippen LogP contribution in [0.4, 0.5) is 0 Å². The number of carbonyl (C=O) groups excluding carboxylic acids is 1. The van der Waals surface area contributed by atoms with E-state index in [9.17, 15) is 9.90 Å². The molecule has 0 spiro atoms. The molecule has 3 fully saturated rings. The first-order valence-electron chi connectivity index (χ1n) is 13.4. The molecule has 186 valence electrons. The summed E-state index contributed by atoms with van der Waals surface area (Å²) in [5.41, 5.74) is 3.05. The van der Waals surface area contributed by atoms with Crippen molar-refractivity contribution >= 4 is 5.91 Å². The molecule has 3 aliphatic rings. The van der Waals surface area contributed by atoms with Crippen LogP contribution in [0.2, 0.25) is 0 Å². The van der Waals surface area contributed by atoms with Gasteiger partial charge >= 0.3 is 0 Å². The van der Waals surface area contributed by atoms with Gasteiger partial charge in [0.1, 0.15) is 5.75 Å². The van der Waals surface area contributed by atoms with E-state index < -0.39 is 0 Å². The number of hydrogen-bond donors (Lipinski definition) is 1. The summed E-state index contributed by atoms with van der Waals surface area (Å²) in [6, 6.07) is 17.1. The summed E-state index contributed by atoms with van der Waals surface area (Å²) < 4.78 is 0. The van der Waals surface area contributed by atoms with Crippen LogP contribution in [-0.4, -0.2) is 70.5 Å². The number of hydrogen-bond acceptors (Lipinski definition) is 4. The molecule has 1 N–H and O–H groups in total. The van der Waals surface area contributed by atoms with Gasteiger partial charge in [-0.2, -0.15) is 0 Å². The highest BCUT2D eigenvalue weighted by atomic mass is 16.3. The van der Waals surface area contributed by atoms with E-state index in [1.165, 1.54) is 31.2 Å². The highest BCUT2D eigenvalue weighted by Crippen LogP contribution is 2.36. The van der Waals surface area contributed by atoms with Crippen molar-refractivity contribution < 1.29 is 9.90 Å². The van der Waals surface area contributed by atoms with E-state index in [0.29, 0.717) is 17.8 Å². The van der Waals surface area contributed by atoms with Crippen LogP contribution in [0.5, 0.6) is 5.75 Å². The number of carbonyl (C=O) groups is 1. The lowest BCUT2D eigenvalue weighted by Crippen LogP contribution is -2.48. The molecule has 3 unspecified atom stereocenters. The summed E-state index contributed by atoms with van der Waals surface area (Å²) in [6.45, 7) is 8.71. The third-order valence-corrected chi connectivity index (χ3v) is 8.22. The summed E-state index contributed by atoms with van der Waals surface area (Å²) in [5.74, 6) is 0.444. The molecule has 2 bridgehead atoms. The minimum Gasteiger partial charge on any atom is -0.508 e. The average Bonchev–Trinajstić information content (AvgIpc) is 2.97. The Kier molecular flexibility index (Phi) is 7.54. The molecule has 0 radical (unpaired) electrons. The number of piperidine rings is 2. The van der Waals surface area contributed by atoms with Crippen molar-refractivity contribution in [3.63, 3.8) is 0 Å². The summed E-state index contributed by atoms with van der Waals surface area (Å²) in [4.78, 5) is 20.3. The fourth-order valence-corrected chi connectivity index (χ4v) is 6.48. The van der Waals surface area contributed by atoms with Gasteiger partial charge in [-0.1, -0.05) is 36.8 Å². The van der Waals surface area contributed by atoms with Crippen LogP contribution in [-0.2, 0) is 0 Å². The van der Waals surface area contributed by atoms with Crippen molar-refractivity contribution in [2.75, 3.05) is 32.7 Å². The van der Waals surface area contributed by atoms with Crippen LogP contribution in [0.3, 0.4) is 0 Å². The quantitative estimate of drug-likeness (QED) is 0.584. The van der Waals surface area contributed by atoms with Gasteiger partial charge in [-0.25, -0.2) is 0 Å². The summed E-state index contributed by atoms with van der Waals surface area (Å²) in [5, 5.41) is 10.3. The third-order valence-electron chi connectivity index (χ3n) is 8.22. The van der Waals surface area contributed by atoms with Gasteiger partial charge in [-0.15, -0.1) is 6.58 Å². The molecule has 0 saturated carbocycles. The standard InChI is InChI=1S/C30H39N3O2/c1-2-17-33-26-9-7-10-27(33)22-32(20-16-26)29(25-8-6-11-28(34)21-25)23-12-14-24(15-13-23)30(35)31-18-4-3-5-19-31/h2,6,8,11-15,21,26-27,29,34H,1,3-5,7,9-10,16-20,22H2. The van der Waals surface area contributed by atoms with E-state index in [0.717, 1.165) is 63.1 Å². The molecule has 5 rings (SSSR count). The summed E-state index contributed by atoms with van der Waals surface area (Å²) in [7, 11) is 0. The lowest BCUT2D eigenvalue weighted by molar-refractivity contribution is 0.0724. The van der Waals surface area contributed by atoms with Crippen molar-refractivity contribution in [3.05, 3.63) is 77.9 Å². The Hall–Kier alpha value is -2.63. The van der Waals surface area contributed by atoms with Gasteiger partial charge in [0.15, 0.2) is 0 Å². The van der Waals surface area contributed by atoms with Crippen molar-refractivity contribution in [2.24, 2.45) is 0 Å². The van der Waals surface area contributed by atoms with Crippen molar-refractivity contribution in [3.8, 4) is 5.75 Å². The fraction of sp³-hybridized carbons (Fsp3) is 0.500. The second-order valence-corrected chi connectivity index (χ2v) is 10.5. The molecule has 3 aliphatic heterocycles. The Balaban J connectivity index is 1.44. The van der Waals surface area contributed by atoms with E-state index >= 15 is 0 Å². The Labute approximate surface area is 210 Å². The van der Waals surface area contributed by atoms with Gasteiger partial charge in [0, 0.05) is 50.4 Å². The number of nitrogens with zero attached hydrogens (tertiary/aromatic N) is 3. The molecule has 5 heteroatoms. The number of amides is 1. The second kappa shape index (κ2) is 11.0. The van der Waals surface area contributed by atoms with Crippen LogP contribution < -0.4 is 0 Å². The molecule has 0 aliphatic carbocycles. The molecule has 3 saturated heterocycles. The van der Waals surface area contributed by atoms with Gasteiger partial charge in [-0.3, -0.25) is 14.6 Å². The summed E-state index contributed by atoms with van der Waals surface area (Å²) in [6.07, 6.45) is 10.4. The topological polar surface area (TPSA) is 47.0 Å². The average molecular weight is 474 g/mol. The molecule has 0 aromatic heterocycles. The minimum atomic E-state index is 0.0474. The Bertz CT molecular complexity index is 1010. The monoisotopic (exact) mass is 473 g/mol. The van der Waals surface area contributed by atoms with Crippen LogP contribution >= 0.6 is 0 Å². The summed E-state index contributed by atoms with van der Waals surface area (Å²) >= 11 is 0. The van der Waals surface area contributed by atoms with E-state index in [2.05, 4.69) is 34.6 Å². The first-order valence-corrected chi connectivity index (χ1v) is 13.4. The van der Waals surface area contributed by atoms with Gasteiger partial charge in [0.05, 0.1) is 6.04 Å². The number of fused-ring (bicyclic) bond motifs is 2. The first-order chi connectivity index (χ1) is 17.1. The molecule has 5 nitrogen and oxygen atoms in total. The van der Waals surface area contributed by atoms with Crippen molar-refractivity contribution in [1.82, 2.24) is 14.7 Å². The molecule has 35 heavy (non-hydrogen) atoms. The van der Waals surface area contributed by atoms with E-state index in [1.807, 2.05) is 35.2 Å². The number of phenols is 1. The van der Waals surface area contributed by atoms with Gasteiger partial charge in [-0.05, 0) is 73.9 Å². The maximum Gasteiger partial charge on any atom is 0.253 e. The molecule has 2 aromatic rings. The Morgan fingerprint density at radius 3 is 2.46 bits per heavy atom. The van der Waals surface area contributed by atoms with E-state index in [-0.39, 0.29) is 11.9 Å². The zero-order chi connectivity index (χ0) is 24.2. The molecule has 3 atom stereocenters. The maximum absolute atomic E-state index is 13.0. The number of rotatable bonds is 6. The van der Waals surface area contributed by atoms with Crippen LogP contribution in [0.1, 0.15) is 72.5 Å². The van der Waals surface area contributed by atoms with E-state index in [1.54, 1.807) is 6.07 Å². The molecular formula is C30H39N3O2. The Morgan fingerprint density at radius 2 is 1.71 bits per heavy atom. The zero-order valence-corrected chi connectivity index (χ0v) is 20.8. The molecule has 3 heterocycles. The predicted molar refractivity (Wildman–Crippen MR) is 141 cm³/mol. The SMILES string of the molecule is C=CCN1C2CCCC1CN(C(c1ccc(C(=O)N3CCCCC3)cc1)c1cccc(O)c1)CC2. The lowest BCUT2D eigenvalue weighted by Gasteiger charge is -2.41. The van der Waals surface area contributed by atoms with Crippen molar-refractivity contribution in [2.45, 2.75) is 63.1 Å². The van der Waals surface area contributed by atoms with Crippen LogP contribution in [0.25, 0.3) is 0 Å². The lowest BCUT2D eigenvalue weighted by atomic mass is 9.94. The van der Waals surface area contributed by atoms with Gasteiger partial charge < -0.3 is 10.0 Å². The van der Waals surface area contributed by atoms with Gasteiger partial charge in [0.2, 0.25) is 0 Å². The third kappa shape index (κ3) is 5.31. The van der Waals surface area contributed by atoms with Crippen molar-refractivity contribution in [1.29, 1.82) is 0 Å². The van der Waals surface area contributed by atoms with E-state index in [4.69, 9.17) is 0 Å². The number of likely N-dealkylation sites (tertiary alicyclic amines) is 1. The van der Waals surface area contributed by atoms with Crippen LogP contribution in [0.15, 0.2) is 61.2 Å². The smallest absolute Gasteiger partial charge is 0.253 e. The highest BCUT2D eigenvalue weighted by Gasteiger charge is 2.36. The largest absolute Gasteiger partial charge is 0.508 e. The fourth-order valence-electron chi connectivity index (χ4n) is 6.48. The van der Waals surface area contributed by atoms with Gasteiger partial charge in [0.25, 0.3) is 5.91 Å². The minimum absolute atomic E-state index is 0.0474. The first kappa shape index (κ1) is 24.1. The normalized spacial score (nSPS) is 24.5. The molecule has 2 aromatic carbocycles. The predicted octanol–water partition coefficient (Wildman–Crippen LogP) is 5.22. The number of benzene rings is 2. The molecular weight excluding hydrogens is 434 g/mol.